The fraction of sp³-hybridized carbons (Fsp3) is 0.118. The van der Waals surface area contributed by atoms with Gasteiger partial charge in [-0.15, -0.1) is 0 Å². The molecule has 2 aromatic rings. The first-order chi connectivity index (χ1) is 9.33. The Kier molecular flexibility index (Phi) is 3.15. The predicted octanol–water partition coefficient (Wildman–Crippen LogP) is 3.18. The average molecular weight is 249 g/mol. The van der Waals surface area contributed by atoms with Gasteiger partial charge in [-0.05, 0) is 29.7 Å². The molecule has 19 heavy (non-hydrogen) atoms. The highest BCUT2D eigenvalue weighted by atomic mass is 16.2. The van der Waals surface area contributed by atoms with Gasteiger partial charge in [0.1, 0.15) is 0 Å². The summed E-state index contributed by atoms with van der Waals surface area (Å²) in [4.78, 5) is 13.4. The Labute approximate surface area is 113 Å². The predicted molar refractivity (Wildman–Crippen MR) is 77.2 cm³/mol. The topological polar surface area (TPSA) is 20.3 Å². The van der Waals surface area contributed by atoms with Crippen molar-refractivity contribution in [1.82, 2.24) is 0 Å². The van der Waals surface area contributed by atoms with E-state index in [-0.39, 0.29) is 5.91 Å². The van der Waals surface area contributed by atoms with Crippen LogP contribution in [0.25, 0.3) is 0 Å². The van der Waals surface area contributed by atoms with Crippen molar-refractivity contribution in [3.63, 3.8) is 0 Å². The number of rotatable bonds is 3. The summed E-state index contributed by atoms with van der Waals surface area (Å²) in [7, 11) is 0. The monoisotopic (exact) mass is 249 g/mol. The fourth-order valence-corrected chi connectivity index (χ4v) is 2.30. The number of hydrogen-bond donors (Lipinski definition) is 0. The molecule has 0 aliphatic carbocycles. The number of carbonyl (C=O) groups excluding carboxylic acids is 1. The lowest BCUT2D eigenvalue weighted by Crippen LogP contribution is -2.24. The van der Waals surface area contributed by atoms with Gasteiger partial charge in [0.2, 0.25) is 0 Å². The van der Waals surface area contributed by atoms with E-state index in [1.54, 1.807) is 11.0 Å². The lowest BCUT2D eigenvalue weighted by Gasteiger charge is -2.16. The molecule has 0 fully saturated rings. The van der Waals surface area contributed by atoms with Crippen LogP contribution in [-0.2, 0) is 11.2 Å². The molecular formula is C17H15NO. The summed E-state index contributed by atoms with van der Waals surface area (Å²) in [5.41, 5.74) is 3.52. The van der Waals surface area contributed by atoms with Crippen molar-refractivity contribution >= 4 is 11.6 Å². The average Bonchev–Trinajstić information content (AvgIpc) is 2.87. The van der Waals surface area contributed by atoms with Gasteiger partial charge in [0.25, 0.3) is 5.91 Å². The third kappa shape index (κ3) is 2.58. The number of hydrogen-bond acceptors (Lipinski definition) is 1. The number of amides is 1. The Bertz CT molecular complexity index is 599. The molecule has 0 unspecified atom stereocenters. The molecular weight excluding hydrogens is 234 g/mol. The van der Waals surface area contributed by atoms with Gasteiger partial charge < -0.3 is 4.90 Å². The van der Waals surface area contributed by atoms with E-state index in [2.05, 4.69) is 36.4 Å². The van der Waals surface area contributed by atoms with Gasteiger partial charge in [-0.1, -0.05) is 48.5 Å². The molecule has 0 saturated heterocycles. The van der Waals surface area contributed by atoms with Gasteiger partial charge in [-0.3, -0.25) is 4.79 Å². The van der Waals surface area contributed by atoms with E-state index in [0.717, 1.165) is 12.1 Å². The zero-order valence-electron chi connectivity index (χ0n) is 10.6. The van der Waals surface area contributed by atoms with E-state index in [4.69, 9.17) is 0 Å². The molecule has 1 aliphatic rings. The molecule has 2 nitrogen and oxygen atoms in total. The van der Waals surface area contributed by atoms with Crippen LogP contribution in [0.3, 0.4) is 0 Å². The zero-order chi connectivity index (χ0) is 13.1. The maximum absolute atomic E-state index is 11.6. The lowest BCUT2D eigenvalue weighted by molar-refractivity contribution is -0.113. The normalized spacial score (nSPS) is 14.1. The van der Waals surface area contributed by atoms with Crippen LogP contribution in [0.5, 0.6) is 0 Å². The van der Waals surface area contributed by atoms with Crippen LogP contribution >= 0.6 is 0 Å². The van der Waals surface area contributed by atoms with E-state index >= 15 is 0 Å². The van der Waals surface area contributed by atoms with Crippen LogP contribution in [0, 0.1) is 0 Å². The third-order valence-electron chi connectivity index (χ3n) is 3.31. The van der Waals surface area contributed by atoms with Crippen LogP contribution in [0.2, 0.25) is 0 Å². The maximum atomic E-state index is 11.6. The van der Waals surface area contributed by atoms with Crippen molar-refractivity contribution in [1.29, 1.82) is 0 Å². The summed E-state index contributed by atoms with van der Waals surface area (Å²) in [6, 6.07) is 18.6. The summed E-state index contributed by atoms with van der Waals surface area (Å²) in [6.07, 6.45) is 4.44. The molecule has 1 aliphatic heterocycles. The number of nitrogens with zero attached hydrogens (tertiary/aromatic N) is 1. The van der Waals surface area contributed by atoms with Crippen molar-refractivity contribution in [2.45, 2.75) is 6.42 Å². The van der Waals surface area contributed by atoms with Crippen molar-refractivity contribution in [3.05, 3.63) is 77.9 Å². The smallest absolute Gasteiger partial charge is 0.251 e. The molecule has 0 saturated carbocycles. The van der Waals surface area contributed by atoms with Gasteiger partial charge >= 0.3 is 0 Å². The Hall–Kier alpha value is -2.35. The molecule has 0 N–H and O–H groups in total. The lowest BCUT2D eigenvalue weighted by atomic mass is 10.0. The minimum Gasteiger partial charge on any atom is -0.305 e. The van der Waals surface area contributed by atoms with E-state index in [1.165, 1.54) is 11.1 Å². The van der Waals surface area contributed by atoms with Crippen LogP contribution in [0.1, 0.15) is 11.1 Å². The molecule has 0 radical (unpaired) electrons. The van der Waals surface area contributed by atoms with Crippen LogP contribution in [0.4, 0.5) is 5.69 Å². The van der Waals surface area contributed by atoms with Crippen molar-refractivity contribution in [3.8, 4) is 0 Å². The molecule has 2 heteroatoms. The van der Waals surface area contributed by atoms with E-state index in [1.807, 2.05) is 24.3 Å². The summed E-state index contributed by atoms with van der Waals surface area (Å²) < 4.78 is 0. The van der Waals surface area contributed by atoms with Crippen molar-refractivity contribution in [2.75, 3.05) is 11.4 Å². The van der Waals surface area contributed by atoms with E-state index in [9.17, 15) is 4.79 Å². The van der Waals surface area contributed by atoms with Gasteiger partial charge in [-0.2, -0.15) is 0 Å². The Morgan fingerprint density at radius 3 is 2.21 bits per heavy atom. The van der Waals surface area contributed by atoms with E-state index < -0.39 is 0 Å². The largest absolute Gasteiger partial charge is 0.305 e. The van der Waals surface area contributed by atoms with Crippen molar-refractivity contribution in [2.24, 2.45) is 0 Å². The molecule has 94 valence electrons. The van der Waals surface area contributed by atoms with Crippen LogP contribution < -0.4 is 4.90 Å². The molecule has 1 heterocycles. The first-order valence-corrected chi connectivity index (χ1v) is 6.44. The Morgan fingerprint density at radius 1 is 0.895 bits per heavy atom. The van der Waals surface area contributed by atoms with Crippen LogP contribution in [0.15, 0.2) is 66.7 Å². The summed E-state index contributed by atoms with van der Waals surface area (Å²) in [5.74, 6) is 0.0656. The number of anilines is 1. The second-order valence-corrected chi connectivity index (χ2v) is 4.68. The molecule has 0 atom stereocenters. The quantitative estimate of drug-likeness (QED) is 0.818. The standard InChI is InChI=1S/C17H15NO/c19-17-7-4-12-18(17)16-10-8-15(9-11-16)13-14-5-2-1-3-6-14/h1-11H,12-13H2. The number of carbonyl (C=O) groups is 1. The number of benzene rings is 2. The van der Waals surface area contributed by atoms with Gasteiger partial charge in [0, 0.05) is 18.3 Å². The third-order valence-corrected chi connectivity index (χ3v) is 3.31. The summed E-state index contributed by atoms with van der Waals surface area (Å²) in [5, 5.41) is 0. The second kappa shape index (κ2) is 5.11. The molecule has 0 spiro atoms. The molecule has 2 aromatic carbocycles. The summed E-state index contributed by atoms with van der Waals surface area (Å²) in [6.45, 7) is 0.677. The van der Waals surface area contributed by atoms with E-state index in [0.29, 0.717) is 6.54 Å². The molecule has 0 aromatic heterocycles. The maximum Gasteiger partial charge on any atom is 0.251 e. The Balaban J connectivity index is 1.74. The highest BCUT2D eigenvalue weighted by Crippen LogP contribution is 2.19. The highest BCUT2D eigenvalue weighted by molar-refractivity contribution is 6.04. The fourth-order valence-electron chi connectivity index (χ4n) is 2.30. The minimum absolute atomic E-state index is 0.0656. The van der Waals surface area contributed by atoms with Gasteiger partial charge in [0.05, 0.1) is 0 Å². The molecule has 3 rings (SSSR count). The SMILES string of the molecule is O=C1C=CCN1c1ccc(Cc2ccccc2)cc1. The minimum atomic E-state index is 0.0656. The second-order valence-electron chi connectivity index (χ2n) is 4.68. The Morgan fingerprint density at radius 2 is 1.58 bits per heavy atom. The van der Waals surface area contributed by atoms with Gasteiger partial charge in [-0.25, -0.2) is 0 Å². The molecule has 1 amide bonds. The zero-order valence-corrected chi connectivity index (χ0v) is 10.6. The first-order valence-electron chi connectivity index (χ1n) is 6.44. The van der Waals surface area contributed by atoms with Crippen molar-refractivity contribution < 1.29 is 4.79 Å². The van der Waals surface area contributed by atoms with Gasteiger partial charge in [0.15, 0.2) is 0 Å². The molecule has 0 bridgehead atoms. The van der Waals surface area contributed by atoms with Crippen LogP contribution in [-0.4, -0.2) is 12.5 Å². The first kappa shape index (κ1) is 11.7. The summed E-state index contributed by atoms with van der Waals surface area (Å²) >= 11 is 0. The highest BCUT2D eigenvalue weighted by Gasteiger charge is 2.15.